The molecule has 22 heavy (non-hydrogen) atoms. The van der Waals surface area contributed by atoms with Crippen LogP contribution in [0.25, 0.3) is 10.9 Å². The van der Waals surface area contributed by atoms with E-state index in [2.05, 4.69) is 45.4 Å². The number of hydrogen-bond donors (Lipinski definition) is 1. The number of hydrogen-bond acceptors (Lipinski definition) is 3. The molecule has 1 aliphatic heterocycles. The summed E-state index contributed by atoms with van der Waals surface area (Å²) < 4.78 is 0. The second-order valence-corrected chi connectivity index (χ2v) is 6.01. The second-order valence-electron chi connectivity index (χ2n) is 6.01. The van der Waals surface area contributed by atoms with E-state index in [0.717, 1.165) is 24.3 Å². The van der Waals surface area contributed by atoms with E-state index < -0.39 is 0 Å². The zero-order valence-electron chi connectivity index (χ0n) is 12.6. The molecule has 0 aliphatic carbocycles. The van der Waals surface area contributed by atoms with Gasteiger partial charge in [-0.3, -0.25) is 15.0 Å². The van der Waals surface area contributed by atoms with Crippen LogP contribution in [-0.2, 0) is 6.54 Å². The molecule has 1 atom stereocenters. The first kappa shape index (κ1) is 13.5. The molecule has 3 aromatic rings. The highest BCUT2D eigenvalue weighted by atomic mass is 15.2. The van der Waals surface area contributed by atoms with E-state index in [1.165, 1.54) is 30.2 Å². The van der Waals surface area contributed by atoms with Crippen molar-refractivity contribution in [1.82, 2.24) is 20.1 Å². The normalized spacial score (nSPS) is 19.5. The van der Waals surface area contributed by atoms with E-state index in [1.807, 2.05) is 18.5 Å². The lowest BCUT2D eigenvalue weighted by Crippen LogP contribution is -2.33. The zero-order valence-corrected chi connectivity index (χ0v) is 12.6. The van der Waals surface area contributed by atoms with Crippen molar-refractivity contribution in [3.05, 3.63) is 60.0 Å². The van der Waals surface area contributed by atoms with Crippen molar-refractivity contribution in [2.45, 2.75) is 31.8 Å². The topological polar surface area (TPSA) is 44.8 Å². The van der Waals surface area contributed by atoms with Gasteiger partial charge in [0.05, 0.1) is 17.4 Å². The fourth-order valence-corrected chi connectivity index (χ4v) is 3.41. The number of piperidine rings is 1. The summed E-state index contributed by atoms with van der Waals surface area (Å²) in [6.45, 7) is 2.03. The number of para-hydroxylation sites is 1. The average molecular weight is 292 g/mol. The Balaban J connectivity index is 1.59. The molecule has 4 nitrogen and oxygen atoms in total. The van der Waals surface area contributed by atoms with Crippen LogP contribution in [0.2, 0.25) is 0 Å². The highest BCUT2D eigenvalue weighted by Crippen LogP contribution is 2.31. The Labute approximate surface area is 130 Å². The average Bonchev–Trinajstić information content (AvgIpc) is 3.10. The SMILES string of the molecule is c1ccc2nc(CN3CCCC[C@H]3c3cn[nH]c3)ccc2c1. The Morgan fingerprint density at radius 3 is 3.00 bits per heavy atom. The molecule has 0 radical (unpaired) electrons. The number of nitrogens with zero attached hydrogens (tertiary/aromatic N) is 3. The van der Waals surface area contributed by atoms with Gasteiger partial charge in [0.25, 0.3) is 0 Å². The lowest BCUT2D eigenvalue weighted by Gasteiger charge is -2.35. The molecule has 2 aromatic heterocycles. The monoisotopic (exact) mass is 292 g/mol. The first-order valence-electron chi connectivity index (χ1n) is 7.97. The molecular weight excluding hydrogens is 272 g/mol. The number of aromatic nitrogens is 3. The number of aromatic amines is 1. The van der Waals surface area contributed by atoms with E-state index >= 15 is 0 Å². The third-order valence-electron chi connectivity index (χ3n) is 4.54. The van der Waals surface area contributed by atoms with E-state index in [4.69, 9.17) is 4.98 Å². The summed E-state index contributed by atoms with van der Waals surface area (Å²) >= 11 is 0. The quantitative estimate of drug-likeness (QED) is 0.801. The van der Waals surface area contributed by atoms with Crippen molar-refractivity contribution in [3.8, 4) is 0 Å². The third-order valence-corrected chi connectivity index (χ3v) is 4.54. The number of rotatable bonds is 3. The predicted molar refractivity (Wildman–Crippen MR) is 87.3 cm³/mol. The smallest absolute Gasteiger partial charge is 0.0705 e. The molecule has 4 rings (SSSR count). The number of benzene rings is 1. The Kier molecular flexibility index (Phi) is 3.60. The number of nitrogens with one attached hydrogen (secondary N) is 1. The molecule has 0 bridgehead atoms. The molecule has 0 amide bonds. The van der Waals surface area contributed by atoms with Gasteiger partial charge in [0.2, 0.25) is 0 Å². The van der Waals surface area contributed by atoms with Crippen molar-refractivity contribution < 1.29 is 0 Å². The van der Waals surface area contributed by atoms with E-state index in [9.17, 15) is 0 Å². The molecule has 0 saturated carbocycles. The highest BCUT2D eigenvalue weighted by molar-refractivity contribution is 5.78. The van der Waals surface area contributed by atoms with Crippen LogP contribution in [0, 0.1) is 0 Å². The van der Waals surface area contributed by atoms with Gasteiger partial charge in [-0.05, 0) is 31.5 Å². The summed E-state index contributed by atoms with van der Waals surface area (Å²) in [5.74, 6) is 0. The molecule has 0 unspecified atom stereocenters. The number of fused-ring (bicyclic) bond motifs is 1. The van der Waals surface area contributed by atoms with Crippen LogP contribution >= 0.6 is 0 Å². The Morgan fingerprint density at radius 2 is 2.09 bits per heavy atom. The molecule has 1 aromatic carbocycles. The van der Waals surface area contributed by atoms with E-state index in [-0.39, 0.29) is 0 Å². The maximum atomic E-state index is 4.82. The summed E-state index contributed by atoms with van der Waals surface area (Å²) in [4.78, 5) is 7.35. The van der Waals surface area contributed by atoms with Gasteiger partial charge in [0, 0.05) is 29.7 Å². The fourth-order valence-electron chi connectivity index (χ4n) is 3.41. The van der Waals surface area contributed by atoms with Crippen LogP contribution in [0.5, 0.6) is 0 Å². The van der Waals surface area contributed by atoms with Crippen LogP contribution in [0.3, 0.4) is 0 Å². The predicted octanol–water partition coefficient (Wildman–Crippen LogP) is 3.69. The third kappa shape index (κ3) is 2.62. The van der Waals surface area contributed by atoms with Crippen molar-refractivity contribution >= 4 is 10.9 Å². The lowest BCUT2D eigenvalue weighted by molar-refractivity contribution is 0.139. The molecule has 1 N–H and O–H groups in total. The maximum absolute atomic E-state index is 4.82. The minimum Gasteiger partial charge on any atom is -0.290 e. The molecule has 112 valence electrons. The Morgan fingerprint density at radius 1 is 1.14 bits per heavy atom. The molecule has 1 saturated heterocycles. The Hall–Kier alpha value is -2.20. The minimum absolute atomic E-state index is 0.459. The van der Waals surface area contributed by atoms with Gasteiger partial charge in [-0.15, -0.1) is 0 Å². The van der Waals surface area contributed by atoms with Gasteiger partial charge in [-0.2, -0.15) is 5.10 Å². The standard InChI is InChI=1S/C18H20N4/c1-2-6-17-14(5-1)8-9-16(21-17)13-22-10-4-3-7-18(22)15-11-19-20-12-15/h1-2,5-6,8-9,11-12,18H,3-4,7,10,13H2,(H,19,20)/t18-/m0/s1. The zero-order chi connectivity index (χ0) is 14.8. The molecular formula is C18H20N4. The summed E-state index contributed by atoms with van der Waals surface area (Å²) in [6.07, 6.45) is 7.74. The highest BCUT2D eigenvalue weighted by Gasteiger charge is 2.24. The van der Waals surface area contributed by atoms with Crippen LogP contribution in [-0.4, -0.2) is 26.6 Å². The summed E-state index contributed by atoms with van der Waals surface area (Å²) in [5.41, 5.74) is 3.52. The van der Waals surface area contributed by atoms with Crippen LogP contribution < -0.4 is 0 Å². The van der Waals surface area contributed by atoms with Crippen molar-refractivity contribution in [1.29, 1.82) is 0 Å². The molecule has 1 aliphatic rings. The summed E-state index contributed by atoms with van der Waals surface area (Å²) in [6, 6.07) is 13.1. The Bertz CT molecular complexity index is 751. The van der Waals surface area contributed by atoms with E-state index in [1.54, 1.807) is 0 Å². The summed E-state index contributed by atoms with van der Waals surface area (Å²) in [5, 5.41) is 8.26. The van der Waals surface area contributed by atoms with Gasteiger partial charge in [0.15, 0.2) is 0 Å². The second kappa shape index (κ2) is 5.89. The van der Waals surface area contributed by atoms with Crippen molar-refractivity contribution in [3.63, 3.8) is 0 Å². The van der Waals surface area contributed by atoms with Gasteiger partial charge >= 0.3 is 0 Å². The molecule has 1 fully saturated rings. The van der Waals surface area contributed by atoms with Gasteiger partial charge in [0.1, 0.15) is 0 Å². The fraction of sp³-hybridized carbons (Fsp3) is 0.333. The van der Waals surface area contributed by atoms with Crippen LogP contribution in [0.4, 0.5) is 0 Å². The number of H-pyrrole nitrogens is 1. The first-order valence-corrected chi connectivity index (χ1v) is 7.97. The summed E-state index contributed by atoms with van der Waals surface area (Å²) in [7, 11) is 0. The van der Waals surface area contributed by atoms with Crippen LogP contribution in [0.15, 0.2) is 48.8 Å². The van der Waals surface area contributed by atoms with Gasteiger partial charge in [-0.1, -0.05) is 30.7 Å². The van der Waals surface area contributed by atoms with Gasteiger partial charge in [-0.25, -0.2) is 0 Å². The maximum Gasteiger partial charge on any atom is 0.0705 e. The largest absolute Gasteiger partial charge is 0.290 e. The van der Waals surface area contributed by atoms with Crippen molar-refractivity contribution in [2.24, 2.45) is 0 Å². The number of likely N-dealkylation sites (tertiary alicyclic amines) is 1. The van der Waals surface area contributed by atoms with Crippen molar-refractivity contribution in [2.75, 3.05) is 6.54 Å². The van der Waals surface area contributed by atoms with Crippen LogP contribution in [0.1, 0.15) is 36.6 Å². The molecule has 3 heterocycles. The first-order chi connectivity index (χ1) is 10.9. The molecule has 0 spiro atoms. The lowest BCUT2D eigenvalue weighted by atomic mass is 9.97. The molecule has 4 heteroatoms. The van der Waals surface area contributed by atoms with Gasteiger partial charge < -0.3 is 0 Å². The van der Waals surface area contributed by atoms with E-state index in [0.29, 0.717) is 6.04 Å². The number of pyridine rings is 1. The minimum atomic E-state index is 0.459.